The lowest BCUT2D eigenvalue weighted by Crippen LogP contribution is -2.48. The van der Waals surface area contributed by atoms with Gasteiger partial charge in [0.25, 0.3) is 0 Å². The number of anilines is 1. The quantitative estimate of drug-likeness (QED) is 0.621. The number of thioether (sulfide) groups is 1. The lowest BCUT2D eigenvalue weighted by molar-refractivity contribution is -0.119. The Hall–Kier alpha value is -2.25. The number of nitrogens with zero attached hydrogens (tertiary/aromatic N) is 2. The second-order valence-electron chi connectivity index (χ2n) is 6.84. The maximum atomic E-state index is 12.3. The fourth-order valence-corrected chi connectivity index (χ4v) is 4.79. The largest absolute Gasteiger partial charge is 0.369 e. The monoisotopic (exact) mass is 413 g/mol. The number of hydrogen-bond acceptors (Lipinski definition) is 6. The van der Waals surface area contributed by atoms with E-state index in [2.05, 4.69) is 39.6 Å². The first kappa shape index (κ1) is 19.1. The maximum absolute atomic E-state index is 12.3. The van der Waals surface area contributed by atoms with Crippen LogP contribution in [0.2, 0.25) is 0 Å². The number of piperidine rings is 1. The molecule has 1 aliphatic heterocycles. The molecule has 0 aliphatic carbocycles. The summed E-state index contributed by atoms with van der Waals surface area (Å²) in [6.07, 6.45) is 2.13. The molecule has 1 fully saturated rings. The zero-order valence-corrected chi connectivity index (χ0v) is 17.2. The Morgan fingerprint density at radius 3 is 3.00 bits per heavy atom. The molecule has 0 bridgehead atoms. The zero-order valence-electron chi connectivity index (χ0n) is 15.5. The van der Waals surface area contributed by atoms with Crippen LogP contribution >= 0.6 is 23.1 Å². The van der Waals surface area contributed by atoms with E-state index in [-0.39, 0.29) is 11.9 Å². The van der Waals surface area contributed by atoms with Crippen LogP contribution in [0.25, 0.3) is 10.6 Å². The number of rotatable bonds is 7. The van der Waals surface area contributed by atoms with Crippen LogP contribution < -0.4 is 10.2 Å². The Morgan fingerprint density at radius 1 is 1.29 bits per heavy atom. The molecule has 0 spiro atoms. The number of thiophene rings is 1. The first-order chi connectivity index (χ1) is 13.8. The lowest BCUT2D eigenvalue weighted by Gasteiger charge is -2.34. The van der Waals surface area contributed by atoms with Gasteiger partial charge in [0.2, 0.25) is 5.91 Å². The van der Waals surface area contributed by atoms with Gasteiger partial charge in [-0.25, -0.2) is 0 Å². The van der Waals surface area contributed by atoms with Gasteiger partial charge in [0.05, 0.1) is 16.3 Å². The summed E-state index contributed by atoms with van der Waals surface area (Å²) in [4.78, 5) is 15.8. The second-order valence-corrected chi connectivity index (χ2v) is 8.77. The molecule has 7 heteroatoms. The molecule has 4 rings (SSSR count). The van der Waals surface area contributed by atoms with Crippen LogP contribution in [0, 0.1) is 0 Å². The third-order valence-corrected chi connectivity index (χ3v) is 6.56. The number of hydrogen-bond donors (Lipinski definition) is 1. The SMILES string of the molecule is O=C(CSCc1cc(-c2cccs2)on1)NC1CCCN(c2ccccc2)C1. The van der Waals surface area contributed by atoms with Crippen LogP contribution in [0.4, 0.5) is 5.69 Å². The number of carbonyl (C=O) groups excluding carboxylic acids is 1. The topological polar surface area (TPSA) is 58.4 Å². The predicted molar refractivity (Wildman–Crippen MR) is 116 cm³/mol. The normalized spacial score (nSPS) is 16.9. The first-order valence-corrected chi connectivity index (χ1v) is 11.5. The molecule has 1 N–H and O–H groups in total. The highest BCUT2D eigenvalue weighted by molar-refractivity contribution is 7.99. The minimum atomic E-state index is 0.0897. The standard InChI is InChI=1S/C21H23N3O2S2/c25-21(15-27-14-17-12-19(26-23-17)20-9-5-11-28-20)22-16-6-4-10-24(13-16)18-7-2-1-3-8-18/h1-3,5,7-9,11-12,16H,4,6,10,13-15H2,(H,22,25). The Labute approximate surface area is 173 Å². The lowest BCUT2D eigenvalue weighted by atomic mass is 10.0. The first-order valence-electron chi connectivity index (χ1n) is 9.44. The van der Waals surface area contributed by atoms with E-state index >= 15 is 0 Å². The van der Waals surface area contributed by atoms with Gasteiger partial charge < -0.3 is 14.7 Å². The molecule has 1 aliphatic rings. The zero-order chi connectivity index (χ0) is 19.2. The van der Waals surface area contributed by atoms with E-state index in [1.165, 1.54) is 5.69 Å². The molecule has 1 atom stereocenters. The molecule has 0 radical (unpaired) electrons. The summed E-state index contributed by atoms with van der Waals surface area (Å²) in [5.74, 6) is 1.98. The molecule has 0 saturated carbocycles. The molecule has 5 nitrogen and oxygen atoms in total. The van der Waals surface area contributed by atoms with E-state index in [4.69, 9.17) is 4.52 Å². The van der Waals surface area contributed by atoms with Crippen LogP contribution in [0.3, 0.4) is 0 Å². The van der Waals surface area contributed by atoms with Gasteiger partial charge in [-0.1, -0.05) is 29.4 Å². The van der Waals surface area contributed by atoms with E-state index in [0.717, 1.165) is 42.3 Å². The van der Waals surface area contributed by atoms with Crippen LogP contribution in [0.1, 0.15) is 18.5 Å². The fraction of sp³-hybridized carbons (Fsp3) is 0.333. The van der Waals surface area contributed by atoms with Crippen molar-refractivity contribution in [3.05, 3.63) is 59.6 Å². The maximum Gasteiger partial charge on any atom is 0.230 e. The van der Waals surface area contributed by atoms with Gasteiger partial charge in [-0.05, 0) is 36.4 Å². The van der Waals surface area contributed by atoms with Gasteiger partial charge in [-0.15, -0.1) is 23.1 Å². The van der Waals surface area contributed by atoms with Crippen molar-refractivity contribution in [3.63, 3.8) is 0 Å². The van der Waals surface area contributed by atoms with Gasteiger partial charge in [0.15, 0.2) is 5.76 Å². The molecular formula is C21H23N3O2S2. The Bertz CT molecular complexity index is 880. The Morgan fingerprint density at radius 2 is 2.18 bits per heavy atom. The number of carbonyl (C=O) groups is 1. The third kappa shape index (κ3) is 4.97. The average molecular weight is 414 g/mol. The minimum Gasteiger partial charge on any atom is -0.369 e. The van der Waals surface area contributed by atoms with Crippen molar-refractivity contribution in [2.45, 2.75) is 24.6 Å². The molecule has 3 heterocycles. The number of benzene rings is 1. The molecule has 3 aromatic rings. The van der Waals surface area contributed by atoms with Gasteiger partial charge in [-0.2, -0.15) is 0 Å². The molecular weight excluding hydrogens is 390 g/mol. The number of amides is 1. The van der Waals surface area contributed by atoms with Crippen molar-refractivity contribution in [1.29, 1.82) is 0 Å². The highest BCUT2D eigenvalue weighted by Gasteiger charge is 2.21. The summed E-state index contributed by atoms with van der Waals surface area (Å²) in [5, 5.41) is 9.30. The van der Waals surface area contributed by atoms with Crippen molar-refractivity contribution in [2.24, 2.45) is 0 Å². The summed E-state index contributed by atoms with van der Waals surface area (Å²) < 4.78 is 5.38. The van der Waals surface area contributed by atoms with Crippen molar-refractivity contribution < 1.29 is 9.32 Å². The highest BCUT2D eigenvalue weighted by atomic mass is 32.2. The van der Waals surface area contributed by atoms with Crippen molar-refractivity contribution >= 4 is 34.7 Å². The van der Waals surface area contributed by atoms with Crippen LogP contribution in [0.15, 0.2) is 58.4 Å². The van der Waals surface area contributed by atoms with Crippen molar-refractivity contribution in [1.82, 2.24) is 10.5 Å². The van der Waals surface area contributed by atoms with Crippen LogP contribution in [0.5, 0.6) is 0 Å². The van der Waals surface area contributed by atoms with Gasteiger partial charge >= 0.3 is 0 Å². The number of para-hydroxylation sites is 1. The minimum absolute atomic E-state index is 0.0897. The highest BCUT2D eigenvalue weighted by Crippen LogP contribution is 2.26. The van der Waals surface area contributed by atoms with E-state index in [9.17, 15) is 4.79 Å². The van der Waals surface area contributed by atoms with E-state index in [1.54, 1.807) is 23.1 Å². The van der Waals surface area contributed by atoms with Crippen LogP contribution in [-0.2, 0) is 10.5 Å². The Kier molecular flexibility index (Phi) is 6.34. The third-order valence-electron chi connectivity index (χ3n) is 4.71. The van der Waals surface area contributed by atoms with E-state index in [1.807, 2.05) is 29.6 Å². The smallest absolute Gasteiger partial charge is 0.230 e. The molecule has 1 aromatic carbocycles. The van der Waals surface area contributed by atoms with E-state index in [0.29, 0.717) is 11.5 Å². The van der Waals surface area contributed by atoms with Gasteiger partial charge in [0.1, 0.15) is 0 Å². The fourth-order valence-electron chi connectivity index (χ4n) is 3.40. The van der Waals surface area contributed by atoms with E-state index < -0.39 is 0 Å². The summed E-state index contributed by atoms with van der Waals surface area (Å²) >= 11 is 3.19. The molecule has 1 saturated heterocycles. The average Bonchev–Trinajstić information content (AvgIpc) is 3.41. The summed E-state index contributed by atoms with van der Waals surface area (Å²) in [7, 11) is 0. The molecule has 1 amide bonds. The summed E-state index contributed by atoms with van der Waals surface area (Å²) in [5.41, 5.74) is 2.09. The van der Waals surface area contributed by atoms with Crippen LogP contribution in [-0.4, -0.2) is 35.9 Å². The summed E-state index contributed by atoms with van der Waals surface area (Å²) in [6.45, 7) is 1.91. The molecule has 2 aromatic heterocycles. The number of aromatic nitrogens is 1. The predicted octanol–water partition coefficient (Wildman–Crippen LogP) is 4.42. The molecule has 146 valence electrons. The van der Waals surface area contributed by atoms with Crippen molar-refractivity contribution in [2.75, 3.05) is 23.7 Å². The Balaban J connectivity index is 1.21. The summed E-state index contributed by atoms with van der Waals surface area (Å²) in [6, 6.07) is 16.6. The second kappa shape index (κ2) is 9.30. The van der Waals surface area contributed by atoms with Crippen molar-refractivity contribution in [3.8, 4) is 10.6 Å². The van der Waals surface area contributed by atoms with Gasteiger partial charge in [0, 0.05) is 36.6 Å². The number of nitrogens with one attached hydrogen (secondary N) is 1. The van der Waals surface area contributed by atoms with Gasteiger partial charge in [-0.3, -0.25) is 4.79 Å². The molecule has 28 heavy (non-hydrogen) atoms. The molecule has 1 unspecified atom stereocenters.